The number of hydrogen-bond acceptors (Lipinski definition) is 4. The van der Waals surface area contributed by atoms with Gasteiger partial charge in [0.25, 0.3) is 0 Å². The predicted octanol–water partition coefficient (Wildman–Crippen LogP) is 7.13. The highest BCUT2D eigenvalue weighted by Crippen LogP contribution is 2.42. The van der Waals surface area contributed by atoms with Crippen LogP contribution in [0.5, 0.6) is 11.5 Å². The van der Waals surface area contributed by atoms with Crippen molar-refractivity contribution >= 4 is 55.5 Å². The molecule has 0 aromatic heterocycles. The third-order valence-electron chi connectivity index (χ3n) is 4.45. The summed E-state index contributed by atoms with van der Waals surface area (Å²) in [7, 11) is 1.61. The van der Waals surface area contributed by atoms with Crippen molar-refractivity contribution in [3.63, 3.8) is 0 Å². The number of fused-ring (bicyclic) bond motifs is 1. The predicted molar refractivity (Wildman–Crippen MR) is 124 cm³/mol. The van der Waals surface area contributed by atoms with Gasteiger partial charge < -0.3 is 9.47 Å². The van der Waals surface area contributed by atoms with Gasteiger partial charge in [0, 0.05) is 19.4 Å². The Morgan fingerprint density at radius 1 is 1.00 bits per heavy atom. The number of ether oxygens (including phenoxy) is 2. The molecule has 1 aliphatic rings. The third-order valence-corrected chi connectivity index (χ3v) is 6.77. The van der Waals surface area contributed by atoms with Crippen molar-refractivity contribution in [3.8, 4) is 11.5 Å². The number of ketones is 1. The summed E-state index contributed by atoms with van der Waals surface area (Å²) in [5.41, 5.74) is 2.67. The molecule has 29 heavy (non-hydrogen) atoms. The van der Waals surface area contributed by atoms with Gasteiger partial charge in [-0.25, -0.2) is 0 Å². The van der Waals surface area contributed by atoms with Crippen LogP contribution in [0.4, 0.5) is 0 Å². The fourth-order valence-corrected chi connectivity index (χ4v) is 4.70. The van der Waals surface area contributed by atoms with Crippen LogP contribution in [0.2, 0.25) is 0 Å². The second kappa shape index (κ2) is 8.78. The first-order valence-corrected chi connectivity index (χ1v) is 11.2. The van der Waals surface area contributed by atoms with Gasteiger partial charge in [-0.2, -0.15) is 0 Å². The standard InChI is InChI=1S/C23H16Br2O3S/c1-27-19-10-15(11-22-23(26)17-4-2-3-5-21(17)29-22)18(25)12-20(19)28-13-14-6-8-16(24)9-7-14/h2-12H,13H2,1H3/b22-11+. The molecule has 0 radical (unpaired) electrons. The smallest absolute Gasteiger partial charge is 0.200 e. The Morgan fingerprint density at radius 2 is 1.76 bits per heavy atom. The largest absolute Gasteiger partial charge is 0.493 e. The number of rotatable bonds is 5. The Morgan fingerprint density at radius 3 is 2.48 bits per heavy atom. The number of carbonyl (C=O) groups excluding carboxylic acids is 1. The van der Waals surface area contributed by atoms with Gasteiger partial charge in [0.2, 0.25) is 5.78 Å². The second-order valence-electron chi connectivity index (χ2n) is 6.38. The molecule has 0 bridgehead atoms. The van der Waals surface area contributed by atoms with E-state index in [1.54, 1.807) is 7.11 Å². The number of methoxy groups -OCH3 is 1. The molecule has 0 saturated heterocycles. The molecule has 146 valence electrons. The average molecular weight is 532 g/mol. The Hall–Kier alpha value is -2.02. The molecule has 0 N–H and O–H groups in total. The quantitative estimate of drug-likeness (QED) is 0.328. The van der Waals surface area contributed by atoms with Crippen LogP contribution >= 0.6 is 43.6 Å². The molecule has 1 heterocycles. The van der Waals surface area contributed by atoms with E-state index < -0.39 is 0 Å². The van der Waals surface area contributed by atoms with E-state index in [1.807, 2.05) is 66.7 Å². The summed E-state index contributed by atoms with van der Waals surface area (Å²) in [6.45, 7) is 0.431. The van der Waals surface area contributed by atoms with Gasteiger partial charge in [-0.1, -0.05) is 67.9 Å². The van der Waals surface area contributed by atoms with E-state index in [0.717, 1.165) is 30.5 Å². The minimum Gasteiger partial charge on any atom is -0.493 e. The normalized spacial score (nSPS) is 14.2. The van der Waals surface area contributed by atoms with Gasteiger partial charge in [0.05, 0.1) is 12.0 Å². The number of hydrogen-bond donors (Lipinski definition) is 0. The molecule has 4 rings (SSSR count). The van der Waals surface area contributed by atoms with Crippen LogP contribution in [-0.2, 0) is 6.61 Å². The Bertz CT molecular complexity index is 1110. The van der Waals surface area contributed by atoms with Gasteiger partial charge >= 0.3 is 0 Å². The van der Waals surface area contributed by atoms with Crippen LogP contribution < -0.4 is 9.47 Å². The minimum atomic E-state index is 0.0482. The summed E-state index contributed by atoms with van der Waals surface area (Å²) < 4.78 is 13.4. The maximum atomic E-state index is 12.7. The van der Waals surface area contributed by atoms with Crippen molar-refractivity contribution in [2.45, 2.75) is 11.5 Å². The molecular weight excluding hydrogens is 516 g/mol. The van der Waals surface area contributed by atoms with Crippen LogP contribution in [-0.4, -0.2) is 12.9 Å². The number of carbonyl (C=O) groups is 1. The first kappa shape index (κ1) is 20.3. The van der Waals surface area contributed by atoms with Gasteiger partial charge in [-0.15, -0.1) is 0 Å². The summed E-state index contributed by atoms with van der Waals surface area (Å²) in [5, 5.41) is 0. The fourth-order valence-electron chi connectivity index (χ4n) is 2.95. The summed E-state index contributed by atoms with van der Waals surface area (Å²) in [6, 6.07) is 19.4. The van der Waals surface area contributed by atoms with E-state index in [2.05, 4.69) is 31.9 Å². The van der Waals surface area contributed by atoms with Gasteiger partial charge in [0.15, 0.2) is 11.5 Å². The Kier molecular flexibility index (Phi) is 6.13. The average Bonchev–Trinajstić information content (AvgIpc) is 3.05. The lowest BCUT2D eigenvalue weighted by Crippen LogP contribution is -1.99. The van der Waals surface area contributed by atoms with E-state index in [-0.39, 0.29) is 5.78 Å². The zero-order valence-electron chi connectivity index (χ0n) is 15.4. The summed E-state index contributed by atoms with van der Waals surface area (Å²) >= 11 is 8.52. The number of halogens is 2. The van der Waals surface area contributed by atoms with E-state index in [0.29, 0.717) is 23.0 Å². The lowest BCUT2D eigenvalue weighted by atomic mass is 10.1. The van der Waals surface area contributed by atoms with Crippen LogP contribution in [0.15, 0.2) is 79.4 Å². The first-order valence-electron chi connectivity index (χ1n) is 8.83. The number of thioether (sulfide) groups is 1. The third kappa shape index (κ3) is 4.44. The molecule has 0 fully saturated rings. The maximum absolute atomic E-state index is 12.7. The number of allylic oxidation sites excluding steroid dienone is 1. The Balaban J connectivity index is 1.58. The van der Waals surface area contributed by atoms with Crippen LogP contribution in [0, 0.1) is 0 Å². The summed E-state index contributed by atoms with van der Waals surface area (Å²) in [5.74, 6) is 1.30. The summed E-state index contributed by atoms with van der Waals surface area (Å²) in [6.07, 6.45) is 1.89. The first-order chi connectivity index (χ1) is 14.0. The van der Waals surface area contributed by atoms with Gasteiger partial charge in [0.1, 0.15) is 6.61 Å². The van der Waals surface area contributed by atoms with Crippen molar-refractivity contribution in [2.75, 3.05) is 7.11 Å². The highest BCUT2D eigenvalue weighted by molar-refractivity contribution is 9.10. The topological polar surface area (TPSA) is 35.5 Å². The van der Waals surface area contributed by atoms with Gasteiger partial charge in [-0.3, -0.25) is 4.79 Å². The van der Waals surface area contributed by atoms with E-state index in [1.165, 1.54) is 11.8 Å². The van der Waals surface area contributed by atoms with Crippen molar-refractivity contribution in [1.29, 1.82) is 0 Å². The maximum Gasteiger partial charge on any atom is 0.200 e. The molecule has 0 atom stereocenters. The molecule has 3 aromatic carbocycles. The van der Waals surface area contributed by atoms with Crippen molar-refractivity contribution < 1.29 is 14.3 Å². The second-order valence-corrected chi connectivity index (χ2v) is 9.23. The molecule has 0 aliphatic carbocycles. The monoisotopic (exact) mass is 530 g/mol. The number of benzene rings is 3. The highest BCUT2D eigenvalue weighted by Gasteiger charge is 2.25. The van der Waals surface area contributed by atoms with E-state index in [9.17, 15) is 4.79 Å². The lowest BCUT2D eigenvalue weighted by Gasteiger charge is -2.13. The molecule has 3 aromatic rings. The molecule has 0 saturated carbocycles. The zero-order chi connectivity index (χ0) is 20.4. The molecule has 0 unspecified atom stereocenters. The van der Waals surface area contributed by atoms with Crippen LogP contribution in [0.25, 0.3) is 6.08 Å². The molecule has 0 spiro atoms. The molecule has 1 aliphatic heterocycles. The molecular formula is C23H16Br2O3S. The van der Waals surface area contributed by atoms with Gasteiger partial charge in [-0.05, 0) is 53.6 Å². The highest BCUT2D eigenvalue weighted by atomic mass is 79.9. The number of Topliss-reactive ketones (excluding diaryl/α,β-unsaturated/α-hetero) is 1. The van der Waals surface area contributed by atoms with Crippen molar-refractivity contribution in [2.24, 2.45) is 0 Å². The van der Waals surface area contributed by atoms with Crippen LogP contribution in [0.1, 0.15) is 21.5 Å². The molecule has 0 amide bonds. The summed E-state index contributed by atoms with van der Waals surface area (Å²) in [4.78, 5) is 14.3. The Labute approximate surface area is 190 Å². The molecule has 6 heteroatoms. The fraction of sp³-hybridized carbons (Fsp3) is 0.0870. The van der Waals surface area contributed by atoms with Crippen LogP contribution in [0.3, 0.4) is 0 Å². The minimum absolute atomic E-state index is 0.0482. The van der Waals surface area contributed by atoms with Crippen molar-refractivity contribution in [3.05, 3.63) is 91.2 Å². The SMILES string of the molecule is COc1cc(/C=C2/Sc3ccccc3C2=O)c(Br)cc1OCc1ccc(Br)cc1. The van der Waals surface area contributed by atoms with E-state index >= 15 is 0 Å². The molecule has 3 nitrogen and oxygen atoms in total. The lowest BCUT2D eigenvalue weighted by molar-refractivity contribution is 0.104. The zero-order valence-corrected chi connectivity index (χ0v) is 19.4. The van der Waals surface area contributed by atoms with Crippen molar-refractivity contribution in [1.82, 2.24) is 0 Å². The van der Waals surface area contributed by atoms with E-state index in [4.69, 9.17) is 9.47 Å².